The minimum atomic E-state index is -0.635. The molecule has 2 aromatic carbocycles. The Bertz CT molecular complexity index is 1170. The second kappa shape index (κ2) is 10.1. The molecular weight excluding hydrogens is 434 g/mol. The van der Waals surface area contributed by atoms with Crippen molar-refractivity contribution in [2.24, 2.45) is 0 Å². The number of hydrogen-bond donors (Lipinski definition) is 2. The Balaban J connectivity index is 1.76. The maximum Gasteiger partial charge on any atom is 0.336 e. The van der Waals surface area contributed by atoms with Crippen LogP contribution in [0.1, 0.15) is 42.7 Å². The summed E-state index contributed by atoms with van der Waals surface area (Å²) < 4.78 is 16.0. The van der Waals surface area contributed by atoms with Crippen LogP contribution in [0, 0.1) is 0 Å². The molecule has 0 fully saturated rings. The average molecular weight is 464 g/mol. The number of ketones is 1. The van der Waals surface area contributed by atoms with Gasteiger partial charge in [0.1, 0.15) is 18.1 Å². The molecule has 4 rings (SSSR count). The first-order valence-corrected chi connectivity index (χ1v) is 11.3. The number of ether oxygens (including phenoxy) is 3. The zero-order valence-electron chi connectivity index (χ0n) is 19.6. The van der Waals surface area contributed by atoms with Gasteiger partial charge in [0.25, 0.3) is 0 Å². The monoisotopic (exact) mass is 463 g/mol. The molecule has 0 bridgehead atoms. The van der Waals surface area contributed by atoms with Crippen LogP contribution in [0.3, 0.4) is 0 Å². The third-order valence-electron chi connectivity index (χ3n) is 6.35. The fraction of sp³-hybridized carbons (Fsp3) is 0.333. The van der Waals surface area contributed by atoms with Gasteiger partial charge in [-0.25, -0.2) is 4.79 Å². The van der Waals surface area contributed by atoms with E-state index in [9.17, 15) is 14.7 Å². The molecule has 1 aliphatic heterocycles. The van der Waals surface area contributed by atoms with Crippen LogP contribution < -0.4 is 10.1 Å². The number of aromatic hydroxyl groups is 1. The molecular formula is C27H29NO6. The number of nitrogens with one attached hydrogen (secondary N) is 1. The normalized spacial score (nSPS) is 20.0. The van der Waals surface area contributed by atoms with Gasteiger partial charge in [0.2, 0.25) is 0 Å². The van der Waals surface area contributed by atoms with Gasteiger partial charge in [-0.1, -0.05) is 30.3 Å². The summed E-state index contributed by atoms with van der Waals surface area (Å²) in [4.78, 5) is 26.7. The number of Topliss-reactive ketones (excluding diaryl/α,β-unsaturated/α-hetero) is 1. The Morgan fingerprint density at radius 1 is 1.09 bits per heavy atom. The van der Waals surface area contributed by atoms with E-state index in [1.807, 2.05) is 37.3 Å². The minimum Gasteiger partial charge on any atom is -0.508 e. The standard InChI is InChI=1S/C27H29NO6/c1-16-24(27(31)34-12-11-32-2)25(17-7-6-8-19(29)13-17)26-21(28-16)14-18(15-22(26)30)20-9-4-5-10-23(20)33-3/h4-10,13,18,25,28-29H,11-12,14-15H2,1-3H3/t18-,25-/m0/s1. The number of phenolic OH excluding ortho intramolecular Hbond substituents is 1. The van der Waals surface area contributed by atoms with Gasteiger partial charge >= 0.3 is 5.97 Å². The van der Waals surface area contributed by atoms with Crippen molar-refractivity contribution in [1.82, 2.24) is 5.32 Å². The van der Waals surface area contributed by atoms with Crippen molar-refractivity contribution >= 4 is 11.8 Å². The number of esters is 1. The maximum absolute atomic E-state index is 13.6. The average Bonchev–Trinajstić information content (AvgIpc) is 2.83. The first-order valence-electron chi connectivity index (χ1n) is 11.3. The topological polar surface area (TPSA) is 94.1 Å². The number of rotatable bonds is 7. The molecule has 7 heteroatoms. The number of dihydropyridines is 1. The summed E-state index contributed by atoms with van der Waals surface area (Å²) >= 11 is 0. The molecule has 1 aliphatic carbocycles. The lowest BCUT2D eigenvalue weighted by Crippen LogP contribution is -2.36. The molecule has 0 unspecified atom stereocenters. The minimum absolute atomic E-state index is 0.0484. The molecule has 2 N–H and O–H groups in total. The van der Waals surface area contributed by atoms with Gasteiger partial charge in [-0.2, -0.15) is 0 Å². The van der Waals surface area contributed by atoms with Crippen LogP contribution in [-0.2, 0) is 19.1 Å². The van der Waals surface area contributed by atoms with Crippen LogP contribution in [-0.4, -0.2) is 44.3 Å². The van der Waals surface area contributed by atoms with Crippen LogP contribution in [0.2, 0.25) is 0 Å². The molecule has 0 saturated carbocycles. The second-order valence-electron chi connectivity index (χ2n) is 8.48. The maximum atomic E-state index is 13.6. The van der Waals surface area contributed by atoms with Crippen LogP contribution in [0.4, 0.5) is 0 Å². The van der Waals surface area contributed by atoms with Gasteiger partial charge in [-0.15, -0.1) is 0 Å². The largest absolute Gasteiger partial charge is 0.508 e. The Hall–Kier alpha value is -3.58. The number of allylic oxidation sites excluding steroid dienone is 3. The molecule has 0 aromatic heterocycles. The van der Waals surface area contributed by atoms with E-state index in [1.165, 1.54) is 7.11 Å². The van der Waals surface area contributed by atoms with E-state index in [0.29, 0.717) is 35.2 Å². The number of carbonyl (C=O) groups excluding carboxylic acids is 2. The molecule has 34 heavy (non-hydrogen) atoms. The molecule has 0 radical (unpaired) electrons. The van der Waals surface area contributed by atoms with Gasteiger partial charge in [0.05, 0.1) is 19.3 Å². The molecule has 178 valence electrons. The molecule has 7 nitrogen and oxygen atoms in total. The molecule has 0 amide bonds. The fourth-order valence-electron chi connectivity index (χ4n) is 4.87. The van der Waals surface area contributed by atoms with Gasteiger partial charge in [0.15, 0.2) is 5.78 Å². The van der Waals surface area contributed by atoms with E-state index in [0.717, 1.165) is 17.0 Å². The smallest absolute Gasteiger partial charge is 0.336 e. The number of methoxy groups -OCH3 is 2. The third kappa shape index (κ3) is 4.56. The number of para-hydroxylation sites is 1. The summed E-state index contributed by atoms with van der Waals surface area (Å²) in [6, 6.07) is 14.4. The van der Waals surface area contributed by atoms with Crippen molar-refractivity contribution in [2.45, 2.75) is 31.6 Å². The Morgan fingerprint density at radius 2 is 1.88 bits per heavy atom. The molecule has 0 saturated heterocycles. The first kappa shape index (κ1) is 23.6. The van der Waals surface area contributed by atoms with Crippen LogP contribution >= 0.6 is 0 Å². The van der Waals surface area contributed by atoms with Crippen LogP contribution in [0.15, 0.2) is 71.1 Å². The number of hydrogen-bond acceptors (Lipinski definition) is 7. The van der Waals surface area contributed by atoms with Crippen molar-refractivity contribution in [3.63, 3.8) is 0 Å². The highest BCUT2D eigenvalue weighted by molar-refractivity contribution is 6.04. The van der Waals surface area contributed by atoms with E-state index in [1.54, 1.807) is 25.3 Å². The first-order chi connectivity index (χ1) is 16.4. The Morgan fingerprint density at radius 3 is 2.62 bits per heavy atom. The lowest BCUT2D eigenvalue weighted by molar-refractivity contribution is -0.140. The summed E-state index contributed by atoms with van der Waals surface area (Å²) in [6.45, 7) is 2.19. The predicted octanol–water partition coefficient (Wildman–Crippen LogP) is 3.95. The Kier molecular flexibility index (Phi) is 7.03. The number of benzene rings is 2. The molecule has 0 spiro atoms. The lowest BCUT2D eigenvalue weighted by atomic mass is 9.71. The van der Waals surface area contributed by atoms with Crippen molar-refractivity contribution in [1.29, 1.82) is 0 Å². The molecule has 1 heterocycles. The summed E-state index contributed by atoms with van der Waals surface area (Å²) in [5, 5.41) is 13.5. The van der Waals surface area contributed by atoms with Gasteiger partial charge in [-0.3, -0.25) is 4.79 Å². The molecule has 2 atom stereocenters. The quantitative estimate of drug-likeness (QED) is 0.474. The van der Waals surface area contributed by atoms with E-state index in [-0.39, 0.29) is 30.7 Å². The summed E-state index contributed by atoms with van der Waals surface area (Å²) in [7, 11) is 3.16. The van der Waals surface area contributed by atoms with Gasteiger partial charge in [0, 0.05) is 42.3 Å². The third-order valence-corrected chi connectivity index (χ3v) is 6.35. The number of carbonyl (C=O) groups is 2. The summed E-state index contributed by atoms with van der Waals surface area (Å²) in [6.07, 6.45) is 0.890. The molecule has 2 aliphatic rings. The lowest BCUT2D eigenvalue weighted by Gasteiger charge is -2.37. The van der Waals surface area contributed by atoms with Crippen molar-refractivity contribution in [2.75, 3.05) is 27.4 Å². The zero-order valence-corrected chi connectivity index (χ0v) is 19.6. The van der Waals surface area contributed by atoms with E-state index < -0.39 is 11.9 Å². The Labute approximate surface area is 199 Å². The second-order valence-corrected chi connectivity index (χ2v) is 8.48. The predicted molar refractivity (Wildman–Crippen MR) is 127 cm³/mol. The zero-order chi connectivity index (χ0) is 24.2. The van der Waals surface area contributed by atoms with Crippen molar-refractivity contribution in [3.8, 4) is 11.5 Å². The van der Waals surface area contributed by atoms with Gasteiger partial charge in [-0.05, 0) is 42.7 Å². The van der Waals surface area contributed by atoms with Crippen LogP contribution in [0.5, 0.6) is 11.5 Å². The van der Waals surface area contributed by atoms with Crippen molar-refractivity contribution < 1.29 is 28.9 Å². The highest BCUT2D eigenvalue weighted by Gasteiger charge is 2.41. The van der Waals surface area contributed by atoms with E-state index in [4.69, 9.17) is 14.2 Å². The van der Waals surface area contributed by atoms with Crippen LogP contribution in [0.25, 0.3) is 0 Å². The number of phenols is 1. The summed E-state index contributed by atoms with van der Waals surface area (Å²) in [5.41, 5.74) is 3.96. The fourth-order valence-corrected chi connectivity index (χ4v) is 4.87. The van der Waals surface area contributed by atoms with Crippen molar-refractivity contribution in [3.05, 3.63) is 82.2 Å². The van der Waals surface area contributed by atoms with Gasteiger partial charge < -0.3 is 24.6 Å². The van der Waals surface area contributed by atoms with E-state index in [2.05, 4.69) is 5.32 Å². The molecule has 2 aromatic rings. The SMILES string of the molecule is COCCOC(=O)C1=C(C)NC2=C(C(=O)C[C@@H](c3ccccc3OC)C2)[C@H]1c1cccc(O)c1. The highest BCUT2D eigenvalue weighted by Crippen LogP contribution is 2.47. The highest BCUT2D eigenvalue weighted by atomic mass is 16.6. The summed E-state index contributed by atoms with van der Waals surface area (Å²) in [5.74, 6) is -0.431. The van der Waals surface area contributed by atoms with E-state index >= 15 is 0 Å².